The Morgan fingerprint density at radius 3 is 2.73 bits per heavy atom. The first-order chi connectivity index (χ1) is 7.25. The van der Waals surface area contributed by atoms with Gasteiger partial charge in [0, 0.05) is 17.5 Å². The number of hydrogen-bond acceptors (Lipinski definition) is 1. The SMILES string of the molecule is O=C1NCCCC1Cc1ccc(Cl)cc1. The van der Waals surface area contributed by atoms with Crippen LogP contribution in [0.15, 0.2) is 24.3 Å². The van der Waals surface area contributed by atoms with Crippen molar-refractivity contribution in [3.05, 3.63) is 34.9 Å². The van der Waals surface area contributed by atoms with Crippen molar-refractivity contribution >= 4 is 17.5 Å². The standard InChI is InChI=1S/C12H14ClNO/c13-11-5-3-9(4-6-11)8-10-2-1-7-14-12(10)15/h3-6,10H,1-2,7-8H2,(H,14,15). The van der Waals surface area contributed by atoms with Gasteiger partial charge in [0.25, 0.3) is 0 Å². The first kappa shape index (κ1) is 10.5. The summed E-state index contributed by atoms with van der Waals surface area (Å²) in [4.78, 5) is 11.5. The minimum atomic E-state index is 0.139. The largest absolute Gasteiger partial charge is 0.356 e. The second-order valence-electron chi connectivity index (χ2n) is 3.96. The molecule has 0 bridgehead atoms. The summed E-state index contributed by atoms with van der Waals surface area (Å²) in [5.74, 6) is 0.330. The predicted molar refractivity (Wildman–Crippen MR) is 60.9 cm³/mol. The fourth-order valence-corrected chi connectivity index (χ4v) is 2.06. The Labute approximate surface area is 94.6 Å². The van der Waals surface area contributed by atoms with E-state index in [1.54, 1.807) is 0 Å². The third-order valence-electron chi connectivity index (χ3n) is 2.79. The minimum absolute atomic E-state index is 0.139. The molecule has 1 heterocycles. The molecule has 1 amide bonds. The molecule has 2 nitrogen and oxygen atoms in total. The molecule has 3 heteroatoms. The van der Waals surface area contributed by atoms with Crippen LogP contribution in [0.4, 0.5) is 0 Å². The molecule has 1 aromatic carbocycles. The lowest BCUT2D eigenvalue weighted by Crippen LogP contribution is -2.37. The summed E-state index contributed by atoms with van der Waals surface area (Å²) >= 11 is 5.80. The van der Waals surface area contributed by atoms with E-state index in [9.17, 15) is 4.79 Å². The van der Waals surface area contributed by atoms with E-state index in [0.29, 0.717) is 0 Å². The molecular formula is C12H14ClNO. The highest BCUT2D eigenvalue weighted by Crippen LogP contribution is 2.18. The lowest BCUT2D eigenvalue weighted by atomic mass is 9.92. The number of carbonyl (C=O) groups is 1. The molecule has 1 unspecified atom stereocenters. The second-order valence-corrected chi connectivity index (χ2v) is 4.40. The molecule has 0 spiro atoms. The van der Waals surface area contributed by atoms with Gasteiger partial charge >= 0.3 is 0 Å². The van der Waals surface area contributed by atoms with Gasteiger partial charge in [-0.15, -0.1) is 0 Å². The van der Waals surface area contributed by atoms with Crippen molar-refractivity contribution in [2.24, 2.45) is 5.92 Å². The first-order valence-electron chi connectivity index (χ1n) is 5.28. The molecule has 15 heavy (non-hydrogen) atoms. The molecule has 80 valence electrons. The topological polar surface area (TPSA) is 29.1 Å². The fourth-order valence-electron chi connectivity index (χ4n) is 1.94. The van der Waals surface area contributed by atoms with Crippen LogP contribution in [0.5, 0.6) is 0 Å². The van der Waals surface area contributed by atoms with Crippen LogP contribution in [0.25, 0.3) is 0 Å². The normalized spacial score (nSPS) is 21.1. The Balaban J connectivity index is 2.01. The summed E-state index contributed by atoms with van der Waals surface area (Å²) in [6.45, 7) is 0.829. The van der Waals surface area contributed by atoms with Crippen molar-refractivity contribution in [1.29, 1.82) is 0 Å². The third kappa shape index (κ3) is 2.72. The molecule has 0 saturated carbocycles. The zero-order valence-corrected chi connectivity index (χ0v) is 9.26. The monoisotopic (exact) mass is 223 g/mol. The van der Waals surface area contributed by atoms with Gasteiger partial charge in [0.05, 0.1) is 0 Å². The number of hydrogen-bond donors (Lipinski definition) is 1. The van der Waals surface area contributed by atoms with E-state index in [4.69, 9.17) is 11.6 Å². The summed E-state index contributed by atoms with van der Waals surface area (Å²) in [5, 5.41) is 3.64. The molecular weight excluding hydrogens is 210 g/mol. The van der Waals surface area contributed by atoms with Crippen LogP contribution in [-0.2, 0) is 11.2 Å². The Hall–Kier alpha value is -1.02. The van der Waals surface area contributed by atoms with E-state index in [-0.39, 0.29) is 11.8 Å². The minimum Gasteiger partial charge on any atom is -0.356 e. The zero-order valence-electron chi connectivity index (χ0n) is 8.50. The van der Waals surface area contributed by atoms with Gasteiger partial charge < -0.3 is 5.32 Å². The molecule has 1 N–H and O–H groups in total. The van der Waals surface area contributed by atoms with Crippen LogP contribution in [0.3, 0.4) is 0 Å². The highest BCUT2D eigenvalue weighted by molar-refractivity contribution is 6.30. The van der Waals surface area contributed by atoms with Crippen molar-refractivity contribution in [3.8, 4) is 0 Å². The molecule has 2 rings (SSSR count). The van der Waals surface area contributed by atoms with E-state index in [2.05, 4.69) is 5.32 Å². The number of halogens is 1. The van der Waals surface area contributed by atoms with Gasteiger partial charge in [-0.1, -0.05) is 23.7 Å². The van der Waals surface area contributed by atoms with Gasteiger partial charge in [-0.25, -0.2) is 0 Å². The number of carbonyl (C=O) groups excluding carboxylic acids is 1. The van der Waals surface area contributed by atoms with E-state index in [0.717, 1.165) is 30.8 Å². The van der Waals surface area contributed by atoms with Crippen LogP contribution in [0.2, 0.25) is 5.02 Å². The van der Waals surface area contributed by atoms with Gasteiger partial charge in [-0.2, -0.15) is 0 Å². The summed E-state index contributed by atoms with van der Waals surface area (Å²) in [6, 6.07) is 7.73. The van der Waals surface area contributed by atoms with Crippen molar-refractivity contribution in [3.63, 3.8) is 0 Å². The van der Waals surface area contributed by atoms with E-state index < -0.39 is 0 Å². The smallest absolute Gasteiger partial charge is 0.223 e. The molecule has 1 aliphatic rings. The van der Waals surface area contributed by atoms with Crippen molar-refractivity contribution in [2.45, 2.75) is 19.3 Å². The van der Waals surface area contributed by atoms with Crippen molar-refractivity contribution in [1.82, 2.24) is 5.32 Å². The van der Waals surface area contributed by atoms with Gasteiger partial charge in [0.1, 0.15) is 0 Å². The summed E-state index contributed by atoms with van der Waals surface area (Å²) in [7, 11) is 0. The quantitative estimate of drug-likeness (QED) is 0.820. The fraction of sp³-hybridized carbons (Fsp3) is 0.417. The molecule has 1 saturated heterocycles. The molecule has 1 aliphatic heterocycles. The van der Waals surface area contributed by atoms with Crippen LogP contribution in [-0.4, -0.2) is 12.5 Å². The summed E-state index contributed by atoms with van der Waals surface area (Å²) in [5.41, 5.74) is 1.18. The van der Waals surface area contributed by atoms with E-state index >= 15 is 0 Å². The number of piperidine rings is 1. The average molecular weight is 224 g/mol. The van der Waals surface area contributed by atoms with Crippen LogP contribution < -0.4 is 5.32 Å². The molecule has 1 fully saturated rings. The Bertz CT molecular complexity index is 347. The first-order valence-corrected chi connectivity index (χ1v) is 5.65. The van der Waals surface area contributed by atoms with Crippen LogP contribution >= 0.6 is 11.6 Å². The Morgan fingerprint density at radius 2 is 2.07 bits per heavy atom. The van der Waals surface area contributed by atoms with Crippen LogP contribution in [0.1, 0.15) is 18.4 Å². The average Bonchev–Trinajstić information content (AvgIpc) is 2.25. The van der Waals surface area contributed by atoms with Gasteiger partial charge in [0.15, 0.2) is 0 Å². The van der Waals surface area contributed by atoms with Gasteiger partial charge in [-0.05, 0) is 37.0 Å². The predicted octanol–water partition coefficient (Wildman–Crippen LogP) is 2.41. The maximum absolute atomic E-state index is 11.5. The third-order valence-corrected chi connectivity index (χ3v) is 3.05. The lowest BCUT2D eigenvalue weighted by Gasteiger charge is -2.21. The van der Waals surface area contributed by atoms with Crippen LogP contribution in [0, 0.1) is 5.92 Å². The highest BCUT2D eigenvalue weighted by atomic mass is 35.5. The Kier molecular flexibility index (Phi) is 3.27. The molecule has 1 aromatic rings. The van der Waals surface area contributed by atoms with Gasteiger partial charge in [0.2, 0.25) is 5.91 Å². The maximum Gasteiger partial charge on any atom is 0.223 e. The summed E-state index contributed by atoms with van der Waals surface area (Å²) in [6.07, 6.45) is 2.90. The van der Waals surface area contributed by atoms with Crippen molar-refractivity contribution < 1.29 is 4.79 Å². The maximum atomic E-state index is 11.5. The molecule has 0 radical (unpaired) electrons. The van der Waals surface area contributed by atoms with E-state index in [1.165, 1.54) is 5.56 Å². The number of nitrogens with one attached hydrogen (secondary N) is 1. The lowest BCUT2D eigenvalue weighted by molar-refractivity contribution is -0.126. The molecule has 0 aromatic heterocycles. The van der Waals surface area contributed by atoms with Gasteiger partial charge in [-0.3, -0.25) is 4.79 Å². The number of benzene rings is 1. The van der Waals surface area contributed by atoms with Crippen molar-refractivity contribution in [2.75, 3.05) is 6.54 Å². The summed E-state index contributed by atoms with van der Waals surface area (Å²) < 4.78 is 0. The highest BCUT2D eigenvalue weighted by Gasteiger charge is 2.21. The molecule has 0 aliphatic carbocycles. The number of amides is 1. The number of rotatable bonds is 2. The van der Waals surface area contributed by atoms with E-state index in [1.807, 2.05) is 24.3 Å². The second kappa shape index (κ2) is 4.67. The Morgan fingerprint density at radius 1 is 1.33 bits per heavy atom. The zero-order chi connectivity index (χ0) is 10.7. The molecule has 1 atom stereocenters.